The Balaban J connectivity index is 1.63. The van der Waals surface area contributed by atoms with Crippen molar-refractivity contribution in [2.24, 2.45) is 5.92 Å². The number of fused-ring (bicyclic) bond motifs is 1. The van der Waals surface area contributed by atoms with Gasteiger partial charge in [0.2, 0.25) is 0 Å². The van der Waals surface area contributed by atoms with Crippen LogP contribution >= 0.6 is 0 Å². The monoisotopic (exact) mass is 295 g/mol. The molecule has 0 radical (unpaired) electrons. The summed E-state index contributed by atoms with van der Waals surface area (Å²) in [5.41, 5.74) is 2.58. The number of aromatic nitrogens is 3. The lowest BCUT2D eigenvalue weighted by molar-refractivity contribution is 0.444. The van der Waals surface area contributed by atoms with Crippen molar-refractivity contribution in [3.63, 3.8) is 0 Å². The fraction of sp³-hybridized carbons (Fsp3) is 0.471. The van der Waals surface area contributed by atoms with E-state index in [9.17, 15) is 0 Å². The van der Waals surface area contributed by atoms with Gasteiger partial charge in [0, 0.05) is 25.3 Å². The van der Waals surface area contributed by atoms with Crippen LogP contribution in [0.2, 0.25) is 0 Å². The number of para-hydroxylation sites is 1. The van der Waals surface area contributed by atoms with Gasteiger partial charge in [-0.2, -0.15) is 10.1 Å². The van der Waals surface area contributed by atoms with Gasteiger partial charge >= 0.3 is 0 Å². The van der Waals surface area contributed by atoms with Crippen molar-refractivity contribution < 1.29 is 0 Å². The van der Waals surface area contributed by atoms with Gasteiger partial charge in [0.05, 0.1) is 6.20 Å². The van der Waals surface area contributed by atoms with Crippen LogP contribution in [-0.4, -0.2) is 34.8 Å². The molecule has 1 unspecified atom stereocenters. The van der Waals surface area contributed by atoms with Crippen LogP contribution < -0.4 is 9.80 Å². The van der Waals surface area contributed by atoms with Crippen molar-refractivity contribution in [2.45, 2.75) is 26.2 Å². The van der Waals surface area contributed by atoms with Crippen LogP contribution in [0.3, 0.4) is 0 Å². The Morgan fingerprint density at radius 1 is 1.18 bits per heavy atom. The van der Waals surface area contributed by atoms with E-state index in [0.29, 0.717) is 0 Å². The summed E-state index contributed by atoms with van der Waals surface area (Å²) in [4.78, 5) is 9.31. The largest absolute Gasteiger partial charge is 0.355 e. The molecule has 0 saturated carbocycles. The van der Waals surface area contributed by atoms with Crippen molar-refractivity contribution in [3.05, 3.63) is 36.0 Å². The lowest BCUT2D eigenvalue weighted by Crippen LogP contribution is -2.35. The molecule has 114 valence electrons. The maximum atomic E-state index is 4.79. The normalized spacial score (nSPS) is 21.0. The first-order valence-corrected chi connectivity index (χ1v) is 8.11. The molecule has 1 saturated heterocycles. The van der Waals surface area contributed by atoms with E-state index in [2.05, 4.69) is 51.2 Å². The number of rotatable bonds is 2. The van der Waals surface area contributed by atoms with E-state index in [1.807, 2.05) is 0 Å². The van der Waals surface area contributed by atoms with Crippen molar-refractivity contribution >= 4 is 17.5 Å². The highest BCUT2D eigenvalue weighted by Gasteiger charge is 2.24. The maximum absolute atomic E-state index is 4.79. The zero-order valence-corrected chi connectivity index (χ0v) is 12.9. The van der Waals surface area contributed by atoms with Crippen molar-refractivity contribution in [1.29, 1.82) is 0 Å². The third-order valence-corrected chi connectivity index (χ3v) is 4.64. The molecular formula is C17H21N5. The van der Waals surface area contributed by atoms with Crippen LogP contribution in [-0.2, 0) is 6.42 Å². The van der Waals surface area contributed by atoms with Crippen molar-refractivity contribution in [2.75, 3.05) is 29.4 Å². The first-order valence-electron chi connectivity index (χ1n) is 8.11. The molecule has 1 atom stereocenters. The third-order valence-electron chi connectivity index (χ3n) is 4.64. The molecule has 0 aliphatic carbocycles. The van der Waals surface area contributed by atoms with E-state index in [-0.39, 0.29) is 0 Å². The van der Waals surface area contributed by atoms with Gasteiger partial charge in [0.15, 0.2) is 5.82 Å². The van der Waals surface area contributed by atoms with Gasteiger partial charge < -0.3 is 9.80 Å². The molecule has 22 heavy (non-hydrogen) atoms. The van der Waals surface area contributed by atoms with Gasteiger partial charge in [-0.05, 0) is 36.8 Å². The zero-order valence-electron chi connectivity index (χ0n) is 12.9. The first kappa shape index (κ1) is 13.5. The quantitative estimate of drug-likeness (QED) is 0.852. The number of benzene rings is 1. The van der Waals surface area contributed by atoms with Crippen LogP contribution in [0.5, 0.6) is 0 Å². The molecule has 5 heteroatoms. The first-order chi connectivity index (χ1) is 10.8. The van der Waals surface area contributed by atoms with Crippen LogP contribution in [0, 0.1) is 5.92 Å². The highest BCUT2D eigenvalue weighted by Crippen LogP contribution is 2.32. The second-order valence-corrected chi connectivity index (χ2v) is 6.34. The number of nitrogens with zero attached hydrogens (tertiary/aromatic N) is 5. The minimum Gasteiger partial charge on any atom is -0.355 e. The fourth-order valence-electron chi connectivity index (χ4n) is 3.50. The number of hydrogen-bond acceptors (Lipinski definition) is 5. The molecule has 2 aliphatic heterocycles. The predicted molar refractivity (Wildman–Crippen MR) is 87.6 cm³/mol. The molecule has 3 heterocycles. The Morgan fingerprint density at radius 2 is 2.09 bits per heavy atom. The Kier molecular flexibility index (Phi) is 3.41. The SMILES string of the molecule is CC1CCCN(c2cnnc(N3CCc4ccccc43)n2)C1. The number of anilines is 3. The van der Waals surface area contributed by atoms with E-state index in [1.165, 1.54) is 24.1 Å². The van der Waals surface area contributed by atoms with E-state index < -0.39 is 0 Å². The van der Waals surface area contributed by atoms with Crippen LogP contribution in [0.25, 0.3) is 0 Å². The fourth-order valence-corrected chi connectivity index (χ4v) is 3.50. The van der Waals surface area contributed by atoms with E-state index in [4.69, 9.17) is 4.98 Å². The summed E-state index contributed by atoms with van der Waals surface area (Å²) in [6, 6.07) is 8.48. The summed E-state index contributed by atoms with van der Waals surface area (Å²) in [7, 11) is 0. The Hall–Kier alpha value is -2.17. The Morgan fingerprint density at radius 3 is 3.00 bits per heavy atom. The lowest BCUT2D eigenvalue weighted by atomic mass is 10.0. The van der Waals surface area contributed by atoms with Crippen LogP contribution in [0.1, 0.15) is 25.3 Å². The zero-order chi connectivity index (χ0) is 14.9. The molecule has 0 N–H and O–H groups in total. The lowest BCUT2D eigenvalue weighted by Gasteiger charge is -2.31. The molecule has 4 rings (SSSR count). The van der Waals surface area contributed by atoms with Crippen molar-refractivity contribution in [1.82, 2.24) is 15.2 Å². The molecule has 1 aromatic heterocycles. The number of piperidine rings is 1. The minimum atomic E-state index is 0.722. The van der Waals surface area contributed by atoms with E-state index >= 15 is 0 Å². The standard InChI is InChI=1S/C17H21N5/c1-13-5-4-9-21(12-13)16-11-18-20-17(19-16)22-10-8-14-6-2-3-7-15(14)22/h2-3,6-7,11,13H,4-5,8-10,12H2,1H3. The van der Waals surface area contributed by atoms with E-state index in [0.717, 1.165) is 43.7 Å². The molecule has 5 nitrogen and oxygen atoms in total. The molecular weight excluding hydrogens is 274 g/mol. The predicted octanol–water partition coefficient (Wildman–Crippen LogP) is 2.80. The average molecular weight is 295 g/mol. The molecule has 0 spiro atoms. The second-order valence-electron chi connectivity index (χ2n) is 6.34. The van der Waals surface area contributed by atoms with E-state index in [1.54, 1.807) is 6.20 Å². The van der Waals surface area contributed by atoms with Gasteiger partial charge in [-0.1, -0.05) is 25.1 Å². The summed E-state index contributed by atoms with van der Waals surface area (Å²) in [6.45, 7) is 5.37. The summed E-state index contributed by atoms with van der Waals surface area (Å²) < 4.78 is 0. The Labute approximate surface area is 131 Å². The van der Waals surface area contributed by atoms with Gasteiger partial charge in [-0.15, -0.1) is 5.10 Å². The third kappa shape index (κ3) is 2.40. The summed E-state index contributed by atoms with van der Waals surface area (Å²) in [6.07, 6.45) is 5.38. The topological polar surface area (TPSA) is 45.2 Å². The molecule has 0 bridgehead atoms. The molecule has 0 amide bonds. The maximum Gasteiger partial charge on any atom is 0.251 e. The second kappa shape index (κ2) is 5.55. The summed E-state index contributed by atoms with van der Waals surface area (Å²) >= 11 is 0. The summed E-state index contributed by atoms with van der Waals surface area (Å²) in [5, 5.41) is 8.48. The molecule has 1 fully saturated rings. The molecule has 2 aromatic rings. The smallest absolute Gasteiger partial charge is 0.251 e. The number of hydrogen-bond donors (Lipinski definition) is 0. The Bertz CT molecular complexity index is 672. The summed E-state index contributed by atoms with van der Waals surface area (Å²) in [5.74, 6) is 2.40. The van der Waals surface area contributed by atoms with Crippen LogP contribution in [0.4, 0.5) is 17.5 Å². The van der Waals surface area contributed by atoms with Crippen LogP contribution in [0.15, 0.2) is 30.5 Å². The highest BCUT2D eigenvalue weighted by molar-refractivity contribution is 5.66. The van der Waals surface area contributed by atoms with Gasteiger partial charge in [-0.25, -0.2) is 0 Å². The minimum absolute atomic E-state index is 0.722. The van der Waals surface area contributed by atoms with Gasteiger partial charge in [0.25, 0.3) is 5.95 Å². The molecule has 1 aromatic carbocycles. The van der Waals surface area contributed by atoms with Gasteiger partial charge in [0.1, 0.15) is 0 Å². The van der Waals surface area contributed by atoms with Gasteiger partial charge in [-0.3, -0.25) is 0 Å². The average Bonchev–Trinajstić information content (AvgIpc) is 2.99. The van der Waals surface area contributed by atoms with Crippen molar-refractivity contribution in [3.8, 4) is 0 Å². The molecule has 2 aliphatic rings. The highest BCUT2D eigenvalue weighted by atomic mass is 15.4.